The number of hydrogen-bond acceptors (Lipinski definition) is 6. The van der Waals surface area contributed by atoms with E-state index in [-0.39, 0.29) is 17.5 Å². The fraction of sp³-hybridized carbons (Fsp3) is 0.263. The Labute approximate surface area is 155 Å². The topological polar surface area (TPSA) is 113 Å². The number of anilines is 1. The molecule has 3 aromatic rings. The second-order valence-electron chi connectivity index (χ2n) is 6.18. The Morgan fingerprint density at radius 3 is 2.67 bits per heavy atom. The molecule has 0 atom stereocenters. The summed E-state index contributed by atoms with van der Waals surface area (Å²) in [5, 5.41) is 3.09. The van der Waals surface area contributed by atoms with Crippen LogP contribution in [0.3, 0.4) is 0 Å². The van der Waals surface area contributed by atoms with Crippen LogP contribution in [-0.4, -0.2) is 27.0 Å². The number of hydrogen-bond donors (Lipinski definition) is 3. The number of ether oxygens (including phenoxy) is 1. The van der Waals surface area contributed by atoms with E-state index in [9.17, 15) is 9.59 Å². The van der Waals surface area contributed by atoms with E-state index >= 15 is 0 Å². The highest BCUT2D eigenvalue weighted by atomic mass is 16.5. The van der Waals surface area contributed by atoms with E-state index < -0.39 is 0 Å². The third-order valence-corrected chi connectivity index (χ3v) is 4.09. The number of aromatic nitrogens is 4. The first-order valence-electron chi connectivity index (χ1n) is 8.48. The van der Waals surface area contributed by atoms with Crippen molar-refractivity contribution in [1.82, 2.24) is 19.9 Å². The molecule has 2 aromatic heterocycles. The van der Waals surface area contributed by atoms with Gasteiger partial charge in [-0.05, 0) is 31.5 Å². The minimum atomic E-state index is -0.290. The van der Waals surface area contributed by atoms with Gasteiger partial charge in [-0.3, -0.25) is 14.6 Å². The summed E-state index contributed by atoms with van der Waals surface area (Å²) in [7, 11) is 1.61. The van der Waals surface area contributed by atoms with Gasteiger partial charge in [-0.15, -0.1) is 0 Å². The van der Waals surface area contributed by atoms with Gasteiger partial charge in [-0.1, -0.05) is 12.1 Å². The monoisotopic (exact) mass is 367 g/mol. The van der Waals surface area contributed by atoms with Crippen molar-refractivity contribution in [3.8, 4) is 5.75 Å². The third-order valence-electron chi connectivity index (χ3n) is 4.09. The standard InChI is InChI=1S/C19H21N5O3/c1-11-16(18(26)22-12(2)21-11)8-14-9-17(25)24-19(23-14)20-10-13-5-4-6-15(7-13)27-3/h4-7,9H,8,10H2,1-3H3,(H,21,22,26)(H2,20,23,24,25). The van der Waals surface area contributed by atoms with Gasteiger partial charge in [0.25, 0.3) is 11.1 Å². The zero-order valence-corrected chi connectivity index (χ0v) is 15.4. The molecular formula is C19H21N5O3. The van der Waals surface area contributed by atoms with Crippen LogP contribution >= 0.6 is 0 Å². The van der Waals surface area contributed by atoms with Crippen LogP contribution in [0.15, 0.2) is 39.9 Å². The van der Waals surface area contributed by atoms with Crippen molar-refractivity contribution in [2.75, 3.05) is 12.4 Å². The molecule has 2 heterocycles. The summed E-state index contributed by atoms with van der Waals surface area (Å²) >= 11 is 0. The summed E-state index contributed by atoms with van der Waals surface area (Å²) in [6.07, 6.45) is 0.228. The van der Waals surface area contributed by atoms with Crippen molar-refractivity contribution in [3.05, 3.63) is 79.4 Å². The first kappa shape index (κ1) is 18.4. The van der Waals surface area contributed by atoms with E-state index in [2.05, 4.69) is 25.3 Å². The van der Waals surface area contributed by atoms with Gasteiger partial charge in [0.2, 0.25) is 5.95 Å². The first-order chi connectivity index (χ1) is 12.9. The number of aryl methyl sites for hydroxylation is 2. The highest BCUT2D eigenvalue weighted by Crippen LogP contribution is 2.13. The van der Waals surface area contributed by atoms with Crippen molar-refractivity contribution < 1.29 is 4.74 Å². The molecule has 3 rings (SSSR count). The number of H-pyrrole nitrogens is 2. The van der Waals surface area contributed by atoms with Gasteiger partial charge >= 0.3 is 0 Å². The molecule has 0 radical (unpaired) electrons. The maximum absolute atomic E-state index is 12.2. The lowest BCUT2D eigenvalue weighted by Crippen LogP contribution is -2.20. The molecule has 0 spiro atoms. The van der Waals surface area contributed by atoms with E-state index in [4.69, 9.17) is 4.74 Å². The molecule has 0 unspecified atom stereocenters. The minimum Gasteiger partial charge on any atom is -0.497 e. The van der Waals surface area contributed by atoms with Gasteiger partial charge in [0.1, 0.15) is 11.6 Å². The lowest BCUT2D eigenvalue weighted by molar-refractivity contribution is 0.414. The molecule has 8 nitrogen and oxygen atoms in total. The SMILES string of the molecule is COc1cccc(CNc2nc(Cc3c(C)nc(C)[nH]c3=O)cc(=O)[nH]2)c1. The van der Waals surface area contributed by atoms with Crippen molar-refractivity contribution in [2.45, 2.75) is 26.8 Å². The predicted molar refractivity (Wildman–Crippen MR) is 102 cm³/mol. The molecule has 0 fully saturated rings. The van der Waals surface area contributed by atoms with Crippen LogP contribution in [-0.2, 0) is 13.0 Å². The van der Waals surface area contributed by atoms with Crippen molar-refractivity contribution >= 4 is 5.95 Å². The molecule has 0 aliphatic rings. The van der Waals surface area contributed by atoms with Gasteiger partial charge in [-0.25, -0.2) is 9.97 Å². The highest BCUT2D eigenvalue weighted by molar-refractivity contribution is 5.33. The molecular weight excluding hydrogens is 346 g/mol. The maximum atomic E-state index is 12.2. The fourth-order valence-electron chi connectivity index (χ4n) is 2.79. The Hall–Kier alpha value is -3.42. The summed E-state index contributed by atoms with van der Waals surface area (Å²) in [4.78, 5) is 38.2. The van der Waals surface area contributed by atoms with Crippen LogP contribution in [0.4, 0.5) is 5.95 Å². The maximum Gasteiger partial charge on any atom is 0.254 e. The largest absolute Gasteiger partial charge is 0.497 e. The number of nitrogens with zero attached hydrogens (tertiary/aromatic N) is 2. The Kier molecular flexibility index (Phi) is 5.35. The second kappa shape index (κ2) is 7.86. The van der Waals surface area contributed by atoms with Crippen molar-refractivity contribution in [2.24, 2.45) is 0 Å². The van der Waals surface area contributed by atoms with E-state index in [0.717, 1.165) is 11.3 Å². The molecule has 0 saturated carbocycles. The quantitative estimate of drug-likeness (QED) is 0.611. The van der Waals surface area contributed by atoms with Crippen LogP contribution in [0.1, 0.15) is 28.3 Å². The number of nitrogens with one attached hydrogen (secondary N) is 3. The number of methoxy groups -OCH3 is 1. The van der Waals surface area contributed by atoms with Crippen LogP contribution in [0, 0.1) is 13.8 Å². The summed E-state index contributed by atoms with van der Waals surface area (Å²) in [5.41, 5.74) is 2.10. The minimum absolute atomic E-state index is 0.215. The smallest absolute Gasteiger partial charge is 0.254 e. The van der Waals surface area contributed by atoms with Crippen molar-refractivity contribution in [3.63, 3.8) is 0 Å². The summed E-state index contributed by atoms with van der Waals surface area (Å²) in [6, 6.07) is 8.98. The summed E-state index contributed by atoms with van der Waals surface area (Å²) in [6.45, 7) is 3.96. The molecule has 27 heavy (non-hydrogen) atoms. The lowest BCUT2D eigenvalue weighted by atomic mass is 10.1. The van der Waals surface area contributed by atoms with E-state index in [0.29, 0.717) is 35.3 Å². The van der Waals surface area contributed by atoms with Crippen LogP contribution in [0.2, 0.25) is 0 Å². The molecule has 1 aromatic carbocycles. The third kappa shape index (κ3) is 4.60. The first-order valence-corrected chi connectivity index (χ1v) is 8.48. The van der Waals surface area contributed by atoms with E-state index in [1.54, 1.807) is 21.0 Å². The molecule has 0 aliphatic heterocycles. The zero-order chi connectivity index (χ0) is 19.4. The fourth-order valence-corrected chi connectivity index (χ4v) is 2.79. The lowest BCUT2D eigenvalue weighted by Gasteiger charge is -2.09. The summed E-state index contributed by atoms with van der Waals surface area (Å²) < 4.78 is 5.20. The molecule has 3 N–H and O–H groups in total. The van der Waals surface area contributed by atoms with Gasteiger partial charge in [-0.2, -0.15) is 0 Å². The summed E-state index contributed by atoms with van der Waals surface area (Å²) in [5.74, 6) is 1.65. The Bertz CT molecular complexity index is 1070. The van der Waals surface area contributed by atoms with Gasteiger partial charge < -0.3 is 15.0 Å². The predicted octanol–water partition coefficient (Wildman–Crippen LogP) is 1.68. The molecule has 0 amide bonds. The second-order valence-corrected chi connectivity index (χ2v) is 6.18. The molecule has 140 valence electrons. The number of benzene rings is 1. The van der Waals surface area contributed by atoms with E-state index in [1.165, 1.54) is 6.07 Å². The van der Waals surface area contributed by atoms with Crippen molar-refractivity contribution in [1.29, 1.82) is 0 Å². The Balaban J connectivity index is 1.80. The van der Waals surface area contributed by atoms with Gasteiger partial charge in [0.05, 0.1) is 12.8 Å². The zero-order valence-electron chi connectivity index (χ0n) is 15.4. The average molecular weight is 367 g/mol. The highest BCUT2D eigenvalue weighted by Gasteiger charge is 2.10. The van der Waals surface area contributed by atoms with Crippen LogP contribution in [0.25, 0.3) is 0 Å². The van der Waals surface area contributed by atoms with Crippen LogP contribution < -0.4 is 21.2 Å². The Morgan fingerprint density at radius 1 is 1.11 bits per heavy atom. The molecule has 0 bridgehead atoms. The van der Waals surface area contributed by atoms with Gasteiger partial charge in [0, 0.05) is 30.3 Å². The molecule has 0 saturated heterocycles. The number of aromatic amines is 2. The molecule has 8 heteroatoms. The van der Waals surface area contributed by atoms with Gasteiger partial charge in [0.15, 0.2) is 0 Å². The average Bonchev–Trinajstić information content (AvgIpc) is 2.63. The van der Waals surface area contributed by atoms with Crippen LogP contribution in [0.5, 0.6) is 5.75 Å². The van der Waals surface area contributed by atoms with E-state index in [1.807, 2.05) is 24.3 Å². The number of rotatable bonds is 6. The Morgan fingerprint density at radius 2 is 1.93 bits per heavy atom. The molecule has 0 aliphatic carbocycles. The normalized spacial score (nSPS) is 10.6.